The first-order chi connectivity index (χ1) is 9.78. The van der Waals surface area contributed by atoms with Crippen molar-refractivity contribution in [1.82, 2.24) is 15.3 Å². The van der Waals surface area contributed by atoms with Gasteiger partial charge >= 0.3 is 0 Å². The Morgan fingerprint density at radius 1 is 1.40 bits per heavy atom. The molecule has 1 amide bonds. The molecule has 5 heteroatoms. The van der Waals surface area contributed by atoms with E-state index in [1.165, 1.54) is 6.08 Å². The number of hydrogen-bond acceptors (Lipinski definition) is 3. The van der Waals surface area contributed by atoms with E-state index in [-0.39, 0.29) is 5.91 Å². The maximum atomic E-state index is 11.6. The van der Waals surface area contributed by atoms with Crippen molar-refractivity contribution in [3.8, 4) is 6.07 Å². The standard InChI is InChI=1S/C15H14N4O/c16-9-13-3-1-12(2-4-13)5-6-15(20)18-8-7-14-10-17-11-19-14/h1-6,10-11H,7-8H2,(H,17,19)(H,18,20). The van der Waals surface area contributed by atoms with Crippen LogP contribution in [0, 0.1) is 11.3 Å². The largest absolute Gasteiger partial charge is 0.352 e. The number of carbonyl (C=O) groups excluding carboxylic acids is 1. The molecule has 5 nitrogen and oxygen atoms in total. The molecule has 0 bridgehead atoms. The molecule has 1 aromatic heterocycles. The molecule has 0 unspecified atom stereocenters. The number of aromatic nitrogens is 2. The third kappa shape index (κ3) is 4.10. The van der Waals surface area contributed by atoms with Crippen molar-refractivity contribution in [2.45, 2.75) is 6.42 Å². The highest BCUT2D eigenvalue weighted by Crippen LogP contribution is 2.04. The van der Waals surface area contributed by atoms with Crippen molar-refractivity contribution in [2.24, 2.45) is 0 Å². The monoisotopic (exact) mass is 266 g/mol. The third-order valence-corrected chi connectivity index (χ3v) is 2.72. The zero-order valence-electron chi connectivity index (χ0n) is 10.8. The average molecular weight is 266 g/mol. The van der Waals surface area contributed by atoms with E-state index in [0.717, 1.165) is 17.7 Å². The van der Waals surface area contributed by atoms with Crippen LogP contribution in [0.4, 0.5) is 0 Å². The van der Waals surface area contributed by atoms with Crippen molar-refractivity contribution in [1.29, 1.82) is 5.26 Å². The second kappa shape index (κ2) is 6.90. The Morgan fingerprint density at radius 3 is 2.85 bits per heavy atom. The van der Waals surface area contributed by atoms with Crippen LogP contribution in [0.2, 0.25) is 0 Å². The smallest absolute Gasteiger partial charge is 0.244 e. The molecule has 20 heavy (non-hydrogen) atoms. The zero-order valence-corrected chi connectivity index (χ0v) is 10.8. The molecule has 0 spiro atoms. The lowest BCUT2D eigenvalue weighted by atomic mass is 10.1. The average Bonchev–Trinajstić information content (AvgIpc) is 2.99. The number of amides is 1. The number of aromatic amines is 1. The predicted octanol–water partition coefficient (Wildman–Crippen LogP) is 1.65. The van der Waals surface area contributed by atoms with Crippen molar-refractivity contribution in [3.05, 3.63) is 59.7 Å². The Labute approximate surface area is 117 Å². The number of H-pyrrole nitrogens is 1. The van der Waals surface area contributed by atoms with Crippen LogP contribution >= 0.6 is 0 Å². The summed E-state index contributed by atoms with van der Waals surface area (Å²) in [6, 6.07) is 9.08. The lowest BCUT2D eigenvalue weighted by molar-refractivity contribution is -0.116. The number of benzene rings is 1. The summed E-state index contributed by atoms with van der Waals surface area (Å²) in [6.45, 7) is 0.554. The van der Waals surface area contributed by atoms with E-state index in [1.54, 1.807) is 42.9 Å². The van der Waals surface area contributed by atoms with Crippen molar-refractivity contribution >= 4 is 12.0 Å². The van der Waals surface area contributed by atoms with E-state index in [9.17, 15) is 4.79 Å². The number of hydrogen-bond donors (Lipinski definition) is 2. The predicted molar refractivity (Wildman–Crippen MR) is 75.5 cm³/mol. The van der Waals surface area contributed by atoms with E-state index < -0.39 is 0 Å². The molecule has 2 aromatic rings. The van der Waals surface area contributed by atoms with Crippen LogP contribution in [0.3, 0.4) is 0 Å². The summed E-state index contributed by atoms with van der Waals surface area (Å²) in [5.41, 5.74) is 2.47. The van der Waals surface area contributed by atoms with Crippen LogP contribution in [-0.4, -0.2) is 22.4 Å². The van der Waals surface area contributed by atoms with Gasteiger partial charge in [-0.2, -0.15) is 5.26 Å². The molecule has 0 aliphatic carbocycles. The highest BCUT2D eigenvalue weighted by Gasteiger charge is 1.97. The minimum Gasteiger partial charge on any atom is -0.352 e. The van der Waals surface area contributed by atoms with E-state index >= 15 is 0 Å². The van der Waals surface area contributed by atoms with Crippen LogP contribution in [-0.2, 0) is 11.2 Å². The maximum Gasteiger partial charge on any atom is 0.244 e. The molecule has 2 rings (SSSR count). The topological polar surface area (TPSA) is 81.6 Å². The Hall–Kier alpha value is -2.87. The second-order valence-corrected chi connectivity index (χ2v) is 4.19. The van der Waals surface area contributed by atoms with Crippen LogP contribution < -0.4 is 5.32 Å². The summed E-state index contributed by atoms with van der Waals surface area (Å²) in [5.74, 6) is -0.145. The van der Waals surface area contributed by atoms with Gasteiger partial charge in [-0.1, -0.05) is 12.1 Å². The van der Waals surface area contributed by atoms with Crippen LogP contribution in [0.1, 0.15) is 16.8 Å². The summed E-state index contributed by atoms with van der Waals surface area (Å²) >= 11 is 0. The number of nitriles is 1. The molecule has 100 valence electrons. The van der Waals surface area contributed by atoms with E-state index in [1.807, 2.05) is 6.07 Å². The van der Waals surface area contributed by atoms with E-state index in [4.69, 9.17) is 5.26 Å². The van der Waals surface area contributed by atoms with Gasteiger partial charge in [-0.25, -0.2) is 4.98 Å². The molecule has 0 fully saturated rings. The number of nitrogens with one attached hydrogen (secondary N) is 2. The summed E-state index contributed by atoms with van der Waals surface area (Å²) in [7, 11) is 0. The molecule has 0 aliphatic heterocycles. The van der Waals surface area contributed by atoms with Gasteiger partial charge in [0, 0.05) is 30.9 Å². The first kappa shape index (κ1) is 13.6. The maximum absolute atomic E-state index is 11.6. The Kier molecular flexibility index (Phi) is 4.68. The minimum absolute atomic E-state index is 0.145. The van der Waals surface area contributed by atoms with Gasteiger partial charge in [0.25, 0.3) is 0 Å². The highest BCUT2D eigenvalue weighted by atomic mass is 16.1. The molecule has 0 aliphatic rings. The second-order valence-electron chi connectivity index (χ2n) is 4.19. The van der Waals surface area contributed by atoms with Crippen molar-refractivity contribution < 1.29 is 4.79 Å². The van der Waals surface area contributed by atoms with Gasteiger partial charge in [-0.3, -0.25) is 4.79 Å². The fourth-order valence-corrected chi connectivity index (χ4v) is 1.64. The molecule has 0 radical (unpaired) electrons. The van der Waals surface area contributed by atoms with Gasteiger partial charge in [0.15, 0.2) is 0 Å². The first-order valence-electron chi connectivity index (χ1n) is 6.21. The molecule has 0 atom stereocenters. The lowest BCUT2D eigenvalue weighted by Gasteiger charge is -2.00. The normalized spacial score (nSPS) is 10.3. The SMILES string of the molecule is N#Cc1ccc(C=CC(=O)NCCc2cnc[nH]2)cc1. The summed E-state index contributed by atoms with van der Waals surface area (Å²) in [5, 5.41) is 11.5. The van der Waals surface area contributed by atoms with Gasteiger partial charge in [0.2, 0.25) is 5.91 Å². The molecule has 0 saturated heterocycles. The van der Waals surface area contributed by atoms with E-state index in [2.05, 4.69) is 15.3 Å². The number of imidazole rings is 1. The fraction of sp³-hybridized carbons (Fsp3) is 0.133. The first-order valence-corrected chi connectivity index (χ1v) is 6.21. The highest BCUT2D eigenvalue weighted by molar-refractivity contribution is 5.91. The Balaban J connectivity index is 1.78. The van der Waals surface area contributed by atoms with Gasteiger partial charge < -0.3 is 10.3 Å². The van der Waals surface area contributed by atoms with Crippen LogP contribution in [0.5, 0.6) is 0 Å². The molecular weight excluding hydrogens is 252 g/mol. The third-order valence-electron chi connectivity index (χ3n) is 2.72. The lowest BCUT2D eigenvalue weighted by Crippen LogP contribution is -2.23. The minimum atomic E-state index is -0.145. The van der Waals surface area contributed by atoms with Gasteiger partial charge in [-0.15, -0.1) is 0 Å². The zero-order chi connectivity index (χ0) is 14.2. The summed E-state index contributed by atoms with van der Waals surface area (Å²) < 4.78 is 0. The molecule has 1 aromatic carbocycles. The van der Waals surface area contributed by atoms with Crippen molar-refractivity contribution in [3.63, 3.8) is 0 Å². The number of rotatable bonds is 5. The fourth-order valence-electron chi connectivity index (χ4n) is 1.64. The van der Waals surface area contributed by atoms with Crippen molar-refractivity contribution in [2.75, 3.05) is 6.54 Å². The molecular formula is C15H14N4O. The Morgan fingerprint density at radius 2 is 2.20 bits per heavy atom. The Bertz CT molecular complexity index is 621. The quantitative estimate of drug-likeness (QED) is 0.807. The summed E-state index contributed by atoms with van der Waals surface area (Å²) in [6.07, 6.45) is 7.26. The van der Waals surface area contributed by atoms with E-state index in [0.29, 0.717) is 12.1 Å². The van der Waals surface area contributed by atoms with Gasteiger partial charge in [-0.05, 0) is 23.8 Å². The van der Waals surface area contributed by atoms with Gasteiger partial charge in [0.1, 0.15) is 0 Å². The molecule has 1 heterocycles. The molecule has 2 N–H and O–H groups in total. The van der Waals surface area contributed by atoms with Crippen LogP contribution in [0.25, 0.3) is 6.08 Å². The number of nitrogens with zero attached hydrogens (tertiary/aromatic N) is 2. The number of carbonyl (C=O) groups is 1. The van der Waals surface area contributed by atoms with Gasteiger partial charge in [0.05, 0.1) is 18.0 Å². The molecule has 0 saturated carbocycles. The van der Waals surface area contributed by atoms with Crippen LogP contribution in [0.15, 0.2) is 42.9 Å². The summed E-state index contributed by atoms with van der Waals surface area (Å²) in [4.78, 5) is 18.5.